The fourth-order valence-electron chi connectivity index (χ4n) is 2.34. The predicted molar refractivity (Wildman–Crippen MR) is 92.7 cm³/mol. The number of aromatic amines is 1. The zero-order chi connectivity index (χ0) is 17.2. The summed E-state index contributed by atoms with van der Waals surface area (Å²) in [6.45, 7) is 1.95. The van der Waals surface area contributed by atoms with Crippen molar-refractivity contribution in [3.05, 3.63) is 58.7 Å². The number of H-pyrrole nitrogens is 1. The lowest BCUT2D eigenvalue weighted by Crippen LogP contribution is -2.09. The van der Waals surface area contributed by atoms with Crippen LogP contribution in [0.25, 0.3) is 16.7 Å². The zero-order valence-electron chi connectivity index (χ0n) is 13.3. The molecule has 1 N–H and O–H groups in total. The van der Waals surface area contributed by atoms with Crippen LogP contribution in [0.2, 0.25) is 0 Å². The number of para-hydroxylation sites is 1. The molecule has 0 atom stereocenters. The third kappa shape index (κ3) is 3.05. The average Bonchev–Trinajstić information content (AvgIpc) is 3.27. The van der Waals surface area contributed by atoms with Gasteiger partial charge in [-0.2, -0.15) is 5.10 Å². The summed E-state index contributed by atoms with van der Waals surface area (Å²) < 4.78 is 7.12. The maximum atomic E-state index is 12.3. The van der Waals surface area contributed by atoms with Crippen molar-refractivity contribution in [3.63, 3.8) is 0 Å². The van der Waals surface area contributed by atoms with E-state index >= 15 is 0 Å². The van der Waals surface area contributed by atoms with Crippen molar-refractivity contribution in [2.45, 2.75) is 24.3 Å². The number of aryl methyl sites for hydroxylation is 1. The van der Waals surface area contributed by atoms with Gasteiger partial charge in [0.2, 0.25) is 11.8 Å². The summed E-state index contributed by atoms with van der Waals surface area (Å²) in [5, 5.41) is 13.1. The SMILES string of the molecule is CCc1nnc(CSc2nc3c(cnn3-c3ccccc3)c(=O)[nH]2)o1. The number of fused-ring (bicyclic) bond motifs is 1. The van der Waals surface area contributed by atoms with Crippen LogP contribution in [0.15, 0.2) is 50.9 Å². The van der Waals surface area contributed by atoms with Crippen LogP contribution in [0.4, 0.5) is 0 Å². The van der Waals surface area contributed by atoms with Gasteiger partial charge in [0.1, 0.15) is 5.39 Å². The Kier molecular flexibility index (Phi) is 4.06. The highest BCUT2D eigenvalue weighted by Crippen LogP contribution is 2.20. The first-order chi connectivity index (χ1) is 12.2. The number of hydrogen-bond donors (Lipinski definition) is 1. The van der Waals surface area contributed by atoms with Crippen LogP contribution in [0.5, 0.6) is 0 Å². The van der Waals surface area contributed by atoms with Crippen molar-refractivity contribution >= 4 is 22.8 Å². The molecule has 0 bridgehead atoms. The van der Waals surface area contributed by atoms with Crippen LogP contribution < -0.4 is 5.56 Å². The van der Waals surface area contributed by atoms with Gasteiger partial charge in [-0.3, -0.25) is 4.79 Å². The molecule has 0 radical (unpaired) electrons. The van der Waals surface area contributed by atoms with Crippen molar-refractivity contribution < 1.29 is 4.42 Å². The lowest BCUT2D eigenvalue weighted by molar-refractivity contribution is 0.470. The molecule has 4 rings (SSSR count). The molecule has 8 nitrogen and oxygen atoms in total. The maximum absolute atomic E-state index is 12.3. The molecule has 0 aliphatic heterocycles. The minimum absolute atomic E-state index is 0.227. The Morgan fingerprint density at radius 2 is 2.00 bits per heavy atom. The molecular formula is C16H14N6O2S. The Morgan fingerprint density at radius 3 is 2.76 bits per heavy atom. The van der Waals surface area contributed by atoms with Crippen molar-refractivity contribution in [2.24, 2.45) is 0 Å². The third-order valence-corrected chi connectivity index (χ3v) is 4.42. The van der Waals surface area contributed by atoms with Crippen molar-refractivity contribution in [1.29, 1.82) is 0 Å². The Labute approximate surface area is 146 Å². The molecule has 9 heteroatoms. The zero-order valence-corrected chi connectivity index (χ0v) is 14.2. The number of aromatic nitrogens is 6. The maximum Gasteiger partial charge on any atom is 0.262 e. The van der Waals surface area contributed by atoms with Crippen LogP contribution in [0.3, 0.4) is 0 Å². The van der Waals surface area contributed by atoms with Gasteiger partial charge in [0, 0.05) is 6.42 Å². The number of thioether (sulfide) groups is 1. The monoisotopic (exact) mass is 354 g/mol. The summed E-state index contributed by atoms with van der Waals surface area (Å²) in [4.78, 5) is 19.6. The van der Waals surface area contributed by atoms with Crippen molar-refractivity contribution in [3.8, 4) is 5.69 Å². The highest BCUT2D eigenvalue weighted by atomic mass is 32.2. The number of nitrogens with zero attached hydrogens (tertiary/aromatic N) is 5. The molecule has 4 aromatic rings. The van der Waals surface area contributed by atoms with Crippen LogP contribution in [0.1, 0.15) is 18.7 Å². The highest BCUT2D eigenvalue weighted by Gasteiger charge is 2.13. The Bertz CT molecular complexity index is 1070. The third-order valence-electron chi connectivity index (χ3n) is 3.56. The summed E-state index contributed by atoms with van der Waals surface area (Å²) >= 11 is 1.33. The lowest BCUT2D eigenvalue weighted by Gasteiger charge is -2.03. The molecule has 1 aromatic carbocycles. The first kappa shape index (κ1) is 15.6. The van der Waals surface area contributed by atoms with E-state index in [0.717, 1.165) is 5.69 Å². The molecule has 0 saturated heterocycles. The Balaban J connectivity index is 1.67. The summed E-state index contributed by atoms with van der Waals surface area (Å²) in [6.07, 6.45) is 2.21. The van der Waals surface area contributed by atoms with Crippen LogP contribution >= 0.6 is 11.8 Å². The number of nitrogens with one attached hydrogen (secondary N) is 1. The molecule has 0 unspecified atom stereocenters. The second-order valence-corrected chi connectivity index (χ2v) is 6.20. The van der Waals surface area contributed by atoms with Gasteiger partial charge >= 0.3 is 0 Å². The minimum atomic E-state index is -0.227. The predicted octanol–water partition coefficient (Wildman–Crippen LogP) is 2.35. The summed E-state index contributed by atoms with van der Waals surface area (Å²) in [6, 6.07) is 9.56. The first-order valence-electron chi connectivity index (χ1n) is 7.72. The van der Waals surface area contributed by atoms with Crippen LogP contribution in [-0.4, -0.2) is 29.9 Å². The van der Waals surface area contributed by atoms with Crippen molar-refractivity contribution in [1.82, 2.24) is 29.9 Å². The van der Waals surface area contributed by atoms with E-state index in [4.69, 9.17) is 4.42 Å². The highest BCUT2D eigenvalue weighted by molar-refractivity contribution is 7.98. The van der Waals surface area contributed by atoms with E-state index < -0.39 is 0 Å². The largest absolute Gasteiger partial charge is 0.424 e. The average molecular weight is 354 g/mol. The molecule has 0 spiro atoms. The quantitative estimate of drug-likeness (QED) is 0.433. The molecule has 3 aromatic heterocycles. The van der Waals surface area contributed by atoms with Gasteiger partial charge in [-0.1, -0.05) is 36.9 Å². The number of rotatable bonds is 5. The van der Waals surface area contributed by atoms with Gasteiger partial charge in [-0.05, 0) is 12.1 Å². The van der Waals surface area contributed by atoms with E-state index in [9.17, 15) is 4.79 Å². The fourth-order valence-corrected chi connectivity index (χ4v) is 3.04. The number of benzene rings is 1. The first-order valence-corrected chi connectivity index (χ1v) is 8.70. The normalized spacial score (nSPS) is 11.2. The smallest absolute Gasteiger partial charge is 0.262 e. The molecule has 0 aliphatic rings. The van der Waals surface area contributed by atoms with E-state index in [1.165, 1.54) is 18.0 Å². The summed E-state index contributed by atoms with van der Waals surface area (Å²) in [7, 11) is 0. The molecule has 0 amide bonds. The van der Waals surface area contributed by atoms with Gasteiger partial charge in [0.15, 0.2) is 10.8 Å². The topological polar surface area (TPSA) is 102 Å². The second-order valence-electron chi connectivity index (χ2n) is 5.23. The van der Waals surface area contributed by atoms with E-state index in [1.807, 2.05) is 37.3 Å². The molecule has 0 fully saturated rings. The standard InChI is InChI=1S/C16H14N6O2S/c1-2-12-20-21-13(24-12)9-25-16-18-14-11(15(23)19-16)8-17-22(14)10-6-4-3-5-7-10/h3-8H,2,9H2,1H3,(H,18,19,23). The fraction of sp³-hybridized carbons (Fsp3) is 0.188. The molecular weight excluding hydrogens is 340 g/mol. The van der Waals surface area contributed by atoms with E-state index in [-0.39, 0.29) is 5.56 Å². The van der Waals surface area contributed by atoms with Gasteiger partial charge < -0.3 is 9.40 Å². The Morgan fingerprint density at radius 1 is 1.20 bits per heavy atom. The van der Waals surface area contributed by atoms with E-state index in [0.29, 0.717) is 40.1 Å². The molecule has 0 saturated carbocycles. The molecule has 3 heterocycles. The number of hydrogen-bond acceptors (Lipinski definition) is 7. The van der Waals surface area contributed by atoms with Crippen molar-refractivity contribution in [2.75, 3.05) is 0 Å². The van der Waals surface area contributed by atoms with Gasteiger partial charge in [0.05, 0.1) is 17.6 Å². The summed E-state index contributed by atoms with van der Waals surface area (Å²) in [5.74, 6) is 1.52. The van der Waals surface area contributed by atoms with E-state index in [2.05, 4.69) is 25.3 Å². The van der Waals surface area contributed by atoms with Gasteiger partial charge in [-0.25, -0.2) is 9.67 Å². The second kappa shape index (κ2) is 6.52. The summed E-state index contributed by atoms with van der Waals surface area (Å²) in [5.41, 5.74) is 1.13. The van der Waals surface area contributed by atoms with Crippen LogP contribution in [-0.2, 0) is 12.2 Å². The van der Waals surface area contributed by atoms with E-state index in [1.54, 1.807) is 4.68 Å². The van der Waals surface area contributed by atoms with Crippen LogP contribution in [0, 0.1) is 0 Å². The lowest BCUT2D eigenvalue weighted by atomic mass is 10.3. The molecule has 126 valence electrons. The molecule has 25 heavy (non-hydrogen) atoms. The Hall–Kier alpha value is -2.94. The van der Waals surface area contributed by atoms with Gasteiger partial charge in [-0.15, -0.1) is 10.2 Å². The molecule has 0 aliphatic carbocycles. The van der Waals surface area contributed by atoms with Gasteiger partial charge in [0.25, 0.3) is 5.56 Å². The minimum Gasteiger partial charge on any atom is -0.424 e.